The quantitative estimate of drug-likeness (QED) is 0.894. The van der Waals surface area contributed by atoms with E-state index in [0.29, 0.717) is 6.42 Å². The van der Waals surface area contributed by atoms with E-state index < -0.39 is 9.84 Å². The van der Waals surface area contributed by atoms with Crippen molar-refractivity contribution in [1.82, 2.24) is 5.32 Å². The summed E-state index contributed by atoms with van der Waals surface area (Å²) in [5.41, 5.74) is 2.59. The number of hydrogen-bond donors (Lipinski definition) is 1. The van der Waals surface area contributed by atoms with E-state index in [1.54, 1.807) is 7.11 Å². The van der Waals surface area contributed by atoms with Gasteiger partial charge in [0.25, 0.3) is 0 Å². The average molecular weight is 283 g/mol. The molecule has 1 aromatic rings. The van der Waals surface area contributed by atoms with Crippen LogP contribution in [0.15, 0.2) is 18.2 Å². The molecule has 0 saturated carbocycles. The van der Waals surface area contributed by atoms with Crippen LogP contribution in [0.3, 0.4) is 0 Å². The molecule has 1 unspecified atom stereocenters. The fourth-order valence-electron chi connectivity index (χ4n) is 2.55. The molecule has 5 heteroatoms. The first kappa shape index (κ1) is 14.3. The van der Waals surface area contributed by atoms with Gasteiger partial charge in [-0.1, -0.05) is 6.07 Å². The number of rotatable bonds is 5. The highest BCUT2D eigenvalue weighted by molar-refractivity contribution is 7.90. The zero-order valence-electron chi connectivity index (χ0n) is 11.5. The van der Waals surface area contributed by atoms with Crippen molar-refractivity contribution < 1.29 is 13.2 Å². The van der Waals surface area contributed by atoms with Crippen LogP contribution in [0.25, 0.3) is 0 Å². The largest absolute Gasteiger partial charge is 0.497 e. The summed E-state index contributed by atoms with van der Waals surface area (Å²) >= 11 is 0. The molecule has 2 rings (SSSR count). The monoisotopic (exact) mass is 283 g/mol. The maximum Gasteiger partial charge on any atom is 0.147 e. The highest BCUT2D eigenvalue weighted by Crippen LogP contribution is 2.29. The third-order valence-electron chi connectivity index (χ3n) is 3.52. The predicted molar refractivity (Wildman–Crippen MR) is 76.4 cm³/mol. The van der Waals surface area contributed by atoms with Crippen molar-refractivity contribution in [3.05, 3.63) is 29.3 Å². The van der Waals surface area contributed by atoms with Crippen LogP contribution in [0, 0.1) is 0 Å². The molecule has 1 aliphatic rings. The Morgan fingerprint density at radius 2 is 2.21 bits per heavy atom. The Labute approximate surface area is 115 Å². The zero-order valence-corrected chi connectivity index (χ0v) is 12.3. The Hall–Kier alpha value is -1.07. The first-order valence-corrected chi connectivity index (χ1v) is 8.63. The Bertz CT molecular complexity index is 540. The normalized spacial score (nSPS) is 18.9. The van der Waals surface area contributed by atoms with Gasteiger partial charge >= 0.3 is 0 Å². The third-order valence-corrected chi connectivity index (χ3v) is 4.55. The molecule has 1 N–H and O–H groups in total. The second kappa shape index (κ2) is 5.92. The number of benzene rings is 1. The molecule has 0 spiro atoms. The number of methoxy groups -OCH3 is 1. The fourth-order valence-corrected chi connectivity index (χ4v) is 3.24. The number of nitrogens with one attached hydrogen (secondary N) is 1. The van der Waals surface area contributed by atoms with E-state index >= 15 is 0 Å². The molecule has 1 aliphatic heterocycles. The molecule has 0 amide bonds. The molecule has 1 heterocycles. The Morgan fingerprint density at radius 3 is 2.89 bits per heavy atom. The summed E-state index contributed by atoms with van der Waals surface area (Å²) in [5.74, 6) is 1.11. The van der Waals surface area contributed by atoms with Crippen molar-refractivity contribution in [1.29, 1.82) is 0 Å². The molecule has 19 heavy (non-hydrogen) atoms. The lowest BCUT2D eigenvalue weighted by molar-refractivity contribution is 0.409. The van der Waals surface area contributed by atoms with E-state index in [0.717, 1.165) is 25.1 Å². The van der Waals surface area contributed by atoms with E-state index in [2.05, 4.69) is 17.4 Å². The van der Waals surface area contributed by atoms with Crippen LogP contribution in [-0.2, 0) is 16.3 Å². The van der Waals surface area contributed by atoms with Gasteiger partial charge in [0.05, 0.1) is 7.11 Å². The van der Waals surface area contributed by atoms with Crippen molar-refractivity contribution in [3.8, 4) is 5.75 Å². The third kappa shape index (κ3) is 3.94. The molecule has 0 radical (unpaired) electrons. The summed E-state index contributed by atoms with van der Waals surface area (Å²) < 4.78 is 27.6. The molecular formula is C14H21NO3S. The van der Waals surface area contributed by atoms with E-state index in [-0.39, 0.29) is 11.8 Å². The molecule has 0 saturated heterocycles. The van der Waals surface area contributed by atoms with Gasteiger partial charge in [0.1, 0.15) is 15.6 Å². The van der Waals surface area contributed by atoms with Gasteiger partial charge in [0.15, 0.2) is 0 Å². The first-order chi connectivity index (χ1) is 8.99. The molecule has 0 aromatic heterocycles. The average Bonchev–Trinajstić information content (AvgIpc) is 2.37. The van der Waals surface area contributed by atoms with Gasteiger partial charge in [-0.15, -0.1) is 0 Å². The fraction of sp³-hybridized carbons (Fsp3) is 0.571. The molecular weight excluding hydrogens is 262 g/mol. The Kier molecular flexibility index (Phi) is 4.47. The summed E-state index contributed by atoms with van der Waals surface area (Å²) in [6, 6.07) is 6.39. The lowest BCUT2D eigenvalue weighted by atomic mass is 9.91. The van der Waals surface area contributed by atoms with Crippen LogP contribution in [0.5, 0.6) is 5.75 Å². The van der Waals surface area contributed by atoms with Crippen LogP contribution in [0.1, 0.15) is 30.0 Å². The summed E-state index contributed by atoms with van der Waals surface area (Å²) in [5, 5.41) is 3.46. The van der Waals surface area contributed by atoms with Crippen molar-refractivity contribution in [2.75, 3.05) is 25.7 Å². The molecule has 106 valence electrons. The molecule has 0 bridgehead atoms. The van der Waals surface area contributed by atoms with E-state index in [1.165, 1.54) is 17.4 Å². The van der Waals surface area contributed by atoms with Crippen molar-refractivity contribution in [3.63, 3.8) is 0 Å². The number of hydrogen-bond acceptors (Lipinski definition) is 4. The van der Waals surface area contributed by atoms with Crippen LogP contribution in [0.2, 0.25) is 0 Å². The lowest BCUT2D eigenvalue weighted by Crippen LogP contribution is -2.30. The van der Waals surface area contributed by atoms with Crippen LogP contribution in [0.4, 0.5) is 0 Å². The Balaban J connectivity index is 2.08. The van der Waals surface area contributed by atoms with Crippen LogP contribution < -0.4 is 10.1 Å². The molecule has 1 atom stereocenters. The lowest BCUT2D eigenvalue weighted by Gasteiger charge is -2.27. The second-order valence-electron chi connectivity index (χ2n) is 5.09. The van der Waals surface area contributed by atoms with Gasteiger partial charge < -0.3 is 10.1 Å². The minimum Gasteiger partial charge on any atom is -0.497 e. The van der Waals surface area contributed by atoms with Gasteiger partial charge in [-0.3, -0.25) is 0 Å². The van der Waals surface area contributed by atoms with Gasteiger partial charge in [-0.25, -0.2) is 8.42 Å². The maximum absolute atomic E-state index is 11.2. The smallest absolute Gasteiger partial charge is 0.147 e. The van der Waals surface area contributed by atoms with Crippen LogP contribution >= 0.6 is 0 Å². The number of fused-ring (bicyclic) bond motifs is 1. The van der Waals surface area contributed by atoms with Gasteiger partial charge in [-0.2, -0.15) is 0 Å². The van der Waals surface area contributed by atoms with Crippen molar-refractivity contribution >= 4 is 9.84 Å². The minimum absolute atomic E-state index is 0.237. The molecule has 1 aromatic carbocycles. The number of ether oxygens (including phenoxy) is 1. The maximum atomic E-state index is 11.2. The summed E-state index contributed by atoms with van der Waals surface area (Å²) in [4.78, 5) is 0. The second-order valence-corrected chi connectivity index (χ2v) is 7.35. The molecule has 0 fully saturated rings. The SMILES string of the molecule is COc1ccc2c(c1)C(CCCS(C)(=O)=O)NCC2. The summed E-state index contributed by atoms with van der Waals surface area (Å²) in [6.07, 6.45) is 3.83. The summed E-state index contributed by atoms with van der Waals surface area (Å²) in [7, 11) is -1.20. The van der Waals surface area contributed by atoms with Crippen molar-refractivity contribution in [2.24, 2.45) is 0 Å². The van der Waals surface area contributed by atoms with Gasteiger partial charge in [0, 0.05) is 18.1 Å². The predicted octanol–water partition coefficient (Wildman–Crippen LogP) is 1.71. The van der Waals surface area contributed by atoms with E-state index in [9.17, 15) is 8.42 Å². The van der Waals surface area contributed by atoms with Crippen molar-refractivity contribution in [2.45, 2.75) is 25.3 Å². The Morgan fingerprint density at radius 1 is 1.42 bits per heavy atom. The first-order valence-electron chi connectivity index (χ1n) is 6.57. The number of sulfone groups is 1. The standard InChI is InChI=1S/C14H21NO3S/c1-18-12-6-5-11-7-8-15-14(13(11)10-12)4-3-9-19(2,16)17/h5-6,10,14-15H,3-4,7-9H2,1-2H3. The van der Waals surface area contributed by atoms with E-state index in [1.807, 2.05) is 6.07 Å². The van der Waals surface area contributed by atoms with Gasteiger partial charge in [-0.05, 0) is 49.1 Å². The van der Waals surface area contributed by atoms with Gasteiger partial charge in [0.2, 0.25) is 0 Å². The topological polar surface area (TPSA) is 55.4 Å². The van der Waals surface area contributed by atoms with Crippen LogP contribution in [-0.4, -0.2) is 34.1 Å². The molecule has 4 nitrogen and oxygen atoms in total. The highest BCUT2D eigenvalue weighted by atomic mass is 32.2. The van der Waals surface area contributed by atoms with E-state index in [4.69, 9.17) is 4.74 Å². The minimum atomic E-state index is -2.87. The highest BCUT2D eigenvalue weighted by Gasteiger charge is 2.20. The summed E-state index contributed by atoms with van der Waals surface area (Å²) in [6.45, 7) is 0.947. The molecule has 0 aliphatic carbocycles. The zero-order chi connectivity index (χ0) is 13.9.